The van der Waals surface area contributed by atoms with E-state index in [1.54, 1.807) is 0 Å². The lowest BCUT2D eigenvalue weighted by atomic mass is 10.5. The summed E-state index contributed by atoms with van der Waals surface area (Å²) in [6.45, 7) is 0. The van der Waals surface area contributed by atoms with Crippen molar-refractivity contribution in [1.29, 1.82) is 0 Å². The Hall–Kier alpha value is -1.32. The highest BCUT2D eigenvalue weighted by molar-refractivity contribution is 5.77. The lowest BCUT2D eigenvalue weighted by molar-refractivity contribution is -0.462. The third-order valence-electron chi connectivity index (χ3n) is 1.28. The van der Waals surface area contributed by atoms with Crippen molar-refractivity contribution in [3.8, 4) is 0 Å². The van der Waals surface area contributed by atoms with E-state index in [-0.39, 0.29) is 0 Å². The number of allylic oxidation sites excluding steroid dienone is 1. The quantitative estimate of drug-likeness (QED) is 0.378. The minimum absolute atomic E-state index is 1.05. The molecule has 0 rings (SSSR count). The second kappa shape index (κ2) is 6.18. The van der Waals surface area contributed by atoms with Gasteiger partial charge in [0.15, 0.2) is 0 Å². The molecule has 1 N–H and O–H groups in total. The van der Waals surface area contributed by atoms with Gasteiger partial charge in [0.05, 0.1) is 20.3 Å². The van der Waals surface area contributed by atoms with Crippen LogP contribution in [0.3, 0.4) is 0 Å². The maximum atomic E-state index is 3.20. The van der Waals surface area contributed by atoms with Gasteiger partial charge in [0, 0.05) is 14.1 Å². The zero-order valence-electron chi connectivity index (χ0n) is 10.1. The standard InChI is InChI=1S/C10H21N4/c1-12(2)7-10(8-13(3)4)11-9-14(5)6/h7-9H,1-6H3/q+1/p+1. The molecular formula is C10H22N4+2. The summed E-state index contributed by atoms with van der Waals surface area (Å²) in [6, 6.07) is 0. The van der Waals surface area contributed by atoms with Crippen LogP contribution in [0.4, 0.5) is 0 Å². The Balaban J connectivity index is 4.58. The fourth-order valence-electron chi connectivity index (χ4n) is 0.868. The molecule has 4 heteroatoms. The van der Waals surface area contributed by atoms with Gasteiger partial charge in [0.2, 0.25) is 18.3 Å². The molecule has 80 valence electrons. The molecule has 0 radical (unpaired) electrons. The van der Waals surface area contributed by atoms with Crippen LogP contribution in [-0.2, 0) is 0 Å². The second-order valence-electron chi connectivity index (χ2n) is 3.88. The molecule has 0 aliphatic heterocycles. The SMILES string of the molecule is CN(C)/C=C(/C=[N+](C)C)NC=[N+](C)C. The van der Waals surface area contributed by atoms with E-state index in [4.69, 9.17) is 0 Å². The summed E-state index contributed by atoms with van der Waals surface area (Å²) in [4.78, 5) is 2.01. The average Bonchev–Trinajstić information content (AvgIpc) is 1.97. The summed E-state index contributed by atoms with van der Waals surface area (Å²) in [5.41, 5.74) is 1.05. The maximum Gasteiger partial charge on any atom is 0.236 e. The third kappa shape index (κ3) is 7.34. The first-order valence-electron chi connectivity index (χ1n) is 4.57. The van der Waals surface area contributed by atoms with Gasteiger partial charge in [0.1, 0.15) is 14.1 Å². The molecule has 0 unspecified atom stereocenters. The van der Waals surface area contributed by atoms with Gasteiger partial charge in [-0.25, -0.2) is 9.89 Å². The zero-order chi connectivity index (χ0) is 11.1. The zero-order valence-corrected chi connectivity index (χ0v) is 10.1. The van der Waals surface area contributed by atoms with Crippen molar-refractivity contribution in [2.24, 2.45) is 0 Å². The lowest BCUT2D eigenvalue weighted by Crippen LogP contribution is -2.22. The fraction of sp³-hybridized carbons (Fsp3) is 0.600. The first kappa shape index (κ1) is 12.7. The van der Waals surface area contributed by atoms with E-state index in [1.165, 1.54) is 0 Å². The predicted octanol–water partition coefficient (Wildman–Crippen LogP) is -0.378. The number of rotatable bonds is 4. The van der Waals surface area contributed by atoms with Gasteiger partial charge in [-0.2, -0.15) is 0 Å². The smallest absolute Gasteiger partial charge is 0.236 e. The summed E-state index contributed by atoms with van der Waals surface area (Å²) in [5, 5.41) is 3.20. The molecular weight excluding hydrogens is 176 g/mol. The van der Waals surface area contributed by atoms with Crippen LogP contribution in [0.25, 0.3) is 0 Å². The van der Waals surface area contributed by atoms with Gasteiger partial charge in [0.25, 0.3) is 0 Å². The van der Waals surface area contributed by atoms with E-state index in [2.05, 4.69) is 5.32 Å². The lowest BCUT2D eigenvalue weighted by Gasteiger charge is -2.04. The van der Waals surface area contributed by atoms with Gasteiger partial charge in [-0.1, -0.05) is 0 Å². The van der Waals surface area contributed by atoms with Crippen molar-refractivity contribution in [3.63, 3.8) is 0 Å². The summed E-state index contributed by atoms with van der Waals surface area (Å²) in [5.74, 6) is 0. The van der Waals surface area contributed by atoms with Crippen LogP contribution in [0.5, 0.6) is 0 Å². The van der Waals surface area contributed by atoms with Gasteiger partial charge < -0.3 is 4.90 Å². The summed E-state index contributed by atoms with van der Waals surface area (Å²) in [7, 11) is 12.0. The highest BCUT2D eigenvalue weighted by Crippen LogP contribution is 1.85. The van der Waals surface area contributed by atoms with E-state index in [0.29, 0.717) is 0 Å². The first-order valence-corrected chi connectivity index (χ1v) is 4.57. The van der Waals surface area contributed by atoms with Crippen LogP contribution >= 0.6 is 0 Å². The van der Waals surface area contributed by atoms with E-state index in [9.17, 15) is 0 Å². The highest BCUT2D eigenvalue weighted by Gasteiger charge is 2.01. The highest BCUT2D eigenvalue weighted by atomic mass is 15.1. The normalized spacial score (nSPS) is 10.6. The number of nitrogens with one attached hydrogen (secondary N) is 1. The third-order valence-corrected chi connectivity index (χ3v) is 1.28. The Labute approximate surface area is 86.9 Å². The van der Waals surface area contributed by atoms with Crippen LogP contribution in [-0.4, -0.2) is 68.9 Å². The van der Waals surface area contributed by atoms with E-state index >= 15 is 0 Å². The van der Waals surface area contributed by atoms with Gasteiger partial charge in [-0.05, 0) is 0 Å². The molecule has 4 nitrogen and oxygen atoms in total. The largest absolute Gasteiger partial charge is 0.380 e. The Morgan fingerprint density at radius 3 is 2.00 bits per heavy atom. The molecule has 0 bridgehead atoms. The first-order chi connectivity index (χ1) is 6.41. The maximum absolute atomic E-state index is 3.20. The molecule has 0 spiro atoms. The summed E-state index contributed by atoms with van der Waals surface area (Å²) < 4.78 is 3.97. The van der Waals surface area contributed by atoms with Gasteiger partial charge in [-0.3, -0.25) is 4.58 Å². The molecule has 0 aromatic heterocycles. The Bertz CT molecular complexity index is 253. The Morgan fingerprint density at radius 2 is 1.64 bits per heavy atom. The monoisotopic (exact) mass is 198 g/mol. The number of nitrogens with zero attached hydrogens (tertiary/aromatic N) is 3. The van der Waals surface area contributed by atoms with Crippen LogP contribution in [0.15, 0.2) is 11.9 Å². The summed E-state index contributed by atoms with van der Waals surface area (Å²) >= 11 is 0. The van der Waals surface area contributed by atoms with Crippen LogP contribution in [0.1, 0.15) is 0 Å². The van der Waals surface area contributed by atoms with Gasteiger partial charge >= 0.3 is 0 Å². The molecule has 14 heavy (non-hydrogen) atoms. The topological polar surface area (TPSA) is 21.3 Å². The molecule has 0 atom stereocenters. The van der Waals surface area contributed by atoms with Crippen LogP contribution in [0.2, 0.25) is 0 Å². The molecule has 0 aromatic carbocycles. The average molecular weight is 198 g/mol. The predicted molar refractivity (Wildman–Crippen MR) is 61.3 cm³/mol. The fourth-order valence-corrected chi connectivity index (χ4v) is 0.868. The molecule has 0 fully saturated rings. The van der Waals surface area contributed by atoms with Crippen LogP contribution < -0.4 is 5.32 Å². The van der Waals surface area contributed by atoms with Crippen molar-refractivity contribution in [3.05, 3.63) is 11.9 Å². The molecule has 0 aromatic rings. The van der Waals surface area contributed by atoms with Gasteiger partial charge in [-0.15, -0.1) is 0 Å². The molecule has 0 heterocycles. The molecule has 0 amide bonds. The van der Waals surface area contributed by atoms with Crippen molar-refractivity contribution in [2.75, 3.05) is 42.3 Å². The molecule has 0 saturated heterocycles. The summed E-state index contributed by atoms with van der Waals surface area (Å²) in [6.07, 6.45) is 5.97. The van der Waals surface area contributed by atoms with Crippen LogP contribution in [0, 0.1) is 0 Å². The van der Waals surface area contributed by atoms with Crippen molar-refractivity contribution >= 4 is 12.6 Å². The second-order valence-corrected chi connectivity index (χ2v) is 3.88. The Kier molecular flexibility index (Phi) is 5.60. The number of hydrogen-bond donors (Lipinski definition) is 1. The molecule has 0 aliphatic rings. The number of hydrogen-bond acceptors (Lipinski definition) is 1. The van der Waals surface area contributed by atoms with Crippen molar-refractivity contribution in [1.82, 2.24) is 10.2 Å². The van der Waals surface area contributed by atoms with E-state index in [0.717, 1.165) is 5.70 Å². The minimum Gasteiger partial charge on any atom is -0.380 e. The van der Waals surface area contributed by atoms with Crippen molar-refractivity contribution < 1.29 is 9.15 Å². The van der Waals surface area contributed by atoms with E-state index in [1.807, 2.05) is 75.1 Å². The van der Waals surface area contributed by atoms with Crippen molar-refractivity contribution in [2.45, 2.75) is 0 Å². The van der Waals surface area contributed by atoms with E-state index < -0.39 is 0 Å². The molecule has 0 saturated carbocycles. The molecule has 0 aliphatic carbocycles. The minimum atomic E-state index is 1.05. The Morgan fingerprint density at radius 1 is 1.07 bits per heavy atom.